The predicted octanol–water partition coefficient (Wildman–Crippen LogP) is 2.34. The number of hydrogen-bond donors (Lipinski definition) is 3. The first-order valence-corrected chi connectivity index (χ1v) is 8.94. The summed E-state index contributed by atoms with van der Waals surface area (Å²) < 4.78 is 10.4. The molecule has 0 unspecified atom stereocenters. The first kappa shape index (κ1) is 20.0. The number of nitrogen functional groups attached to an aromatic ring is 1. The van der Waals surface area contributed by atoms with Gasteiger partial charge in [0, 0.05) is 25.2 Å². The Labute approximate surface area is 168 Å². The van der Waals surface area contributed by atoms with Crippen molar-refractivity contribution >= 4 is 23.1 Å². The molecular formula is C20H22N6O3. The number of nitrogens with one attached hydrogen (secondary N) is 2. The average molecular weight is 394 g/mol. The van der Waals surface area contributed by atoms with Crippen molar-refractivity contribution in [1.29, 1.82) is 0 Å². The van der Waals surface area contributed by atoms with E-state index in [2.05, 4.69) is 25.6 Å². The molecule has 9 heteroatoms. The fourth-order valence-corrected chi connectivity index (χ4v) is 2.44. The summed E-state index contributed by atoms with van der Waals surface area (Å²) in [5.41, 5.74) is 8.17. The van der Waals surface area contributed by atoms with Crippen molar-refractivity contribution in [2.24, 2.45) is 0 Å². The summed E-state index contributed by atoms with van der Waals surface area (Å²) in [6, 6.07) is 10.4. The van der Waals surface area contributed by atoms with Gasteiger partial charge in [-0.25, -0.2) is 9.97 Å². The number of nitrogens with zero attached hydrogens (tertiary/aromatic N) is 3. The fourth-order valence-electron chi connectivity index (χ4n) is 2.44. The second kappa shape index (κ2) is 10.00. The van der Waals surface area contributed by atoms with Crippen molar-refractivity contribution in [2.75, 3.05) is 36.7 Å². The van der Waals surface area contributed by atoms with E-state index in [9.17, 15) is 4.79 Å². The Kier molecular flexibility index (Phi) is 6.90. The Morgan fingerprint density at radius 3 is 2.76 bits per heavy atom. The number of anilines is 3. The molecule has 0 aliphatic rings. The van der Waals surface area contributed by atoms with Crippen molar-refractivity contribution in [3.63, 3.8) is 0 Å². The maximum Gasteiger partial charge on any atom is 0.274 e. The summed E-state index contributed by atoms with van der Waals surface area (Å²) in [4.78, 5) is 24.9. The molecule has 0 aliphatic heterocycles. The predicted molar refractivity (Wildman–Crippen MR) is 110 cm³/mol. The zero-order chi connectivity index (χ0) is 20.5. The minimum absolute atomic E-state index is 0.281. The van der Waals surface area contributed by atoms with Gasteiger partial charge >= 0.3 is 0 Å². The molecule has 3 aromatic rings. The van der Waals surface area contributed by atoms with E-state index in [0.29, 0.717) is 37.0 Å². The average Bonchev–Trinajstić information content (AvgIpc) is 2.74. The van der Waals surface area contributed by atoms with E-state index < -0.39 is 0 Å². The lowest BCUT2D eigenvalue weighted by Crippen LogP contribution is -2.14. The summed E-state index contributed by atoms with van der Waals surface area (Å²) in [5, 5.41) is 5.98. The third-order valence-electron chi connectivity index (χ3n) is 3.90. The second-order valence-electron chi connectivity index (χ2n) is 6.00. The van der Waals surface area contributed by atoms with Gasteiger partial charge in [0.05, 0.1) is 30.7 Å². The second-order valence-corrected chi connectivity index (χ2v) is 6.00. The minimum atomic E-state index is -0.324. The van der Waals surface area contributed by atoms with Crippen LogP contribution in [0.2, 0.25) is 0 Å². The van der Waals surface area contributed by atoms with E-state index in [1.807, 2.05) is 6.07 Å². The lowest BCUT2D eigenvalue weighted by molar-refractivity contribution is 0.102. The molecule has 0 bridgehead atoms. The number of rotatable bonds is 9. The molecule has 3 aromatic heterocycles. The molecular weight excluding hydrogens is 372 g/mol. The Morgan fingerprint density at radius 2 is 2.00 bits per heavy atom. The number of nitrogens with two attached hydrogens (primary N) is 1. The number of ether oxygens (including phenoxy) is 2. The molecule has 150 valence electrons. The topological polar surface area (TPSA) is 124 Å². The van der Waals surface area contributed by atoms with Crippen molar-refractivity contribution in [1.82, 2.24) is 15.0 Å². The normalized spacial score (nSPS) is 10.4. The highest BCUT2D eigenvalue weighted by atomic mass is 16.5. The van der Waals surface area contributed by atoms with Crippen LogP contribution in [-0.4, -0.2) is 41.2 Å². The number of amides is 1. The Morgan fingerprint density at radius 1 is 1.10 bits per heavy atom. The lowest BCUT2D eigenvalue weighted by atomic mass is 10.2. The van der Waals surface area contributed by atoms with E-state index in [-0.39, 0.29) is 11.6 Å². The van der Waals surface area contributed by atoms with Gasteiger partial charge in [0.15, 0.2) is 0 Å². The number of carbonyl (C=O) groups is 1. The standard InChI is InChI=1S/C20H22N6O3/c1-28-9-10-29-16-4-5-18(25-13-16)20(27)26-14-6-8-22-15(11-14)12-24-17-3-2-7-23-19(17)21/h2-8,11,13,24H,9-10,12H2,1H3,(H2,21,23)(H,22,26,27). The van der Waals surface area contributed by atoms with Crippen LogP contribution in [0.1, 0.15) is 16.2 Å². The SMILES string of the molecule is COCCOc1ccc(C(=O)Nc2ccnc(CNc3cccnc3N)c2)nc1. The van der Waals surface area contributed by atoms with Gasteiger partial charge in [-0.1, -0.05) is 0 Å². The molecule has 0 spiro atoms. The zero-order valence-corrected chi connectivity index (χ0v) is 16.0. The van der Waals surface area contributed by atoms with Crippen LogP contribution in [0.25, 0.3) is 0 Å². The van der Waals surface area contributed by atoms with Crippen LogP contribution in [0, 0.1) is 0 Å². The number of aromatic nitrogens is 3. The Balaban J connectivity index is 1.58. The highest BCUT2D eigenvalue weighted by molar-refractivity contribution is 6.02. The van der Waals surface area contributed by atoms with Gasteiger partial charge < -0.3 is 25.8 Å². The lowest BCUT2D eigenvalue weighted by Gasteiger charge is -2.10. The molecule has 4 N–H and O–H groups in total. The minimum Gasteiger partial charge on any atom is -0.490 e. The van der Waals surface area contributed by atoms with Crippen LogP contribution in [0.5, 0.6) is 5.75 Å². The fraction of sp³-hybridized carbons (Fsp3) is 0.200. The van der Waals surface area contributed by atoms with Crippen molar-refractivity contribution < 1.29 is 14.3 Å². The Hall–Kier alpha value is -3.72. The van der Waals surface area contributed by atoms with Gasteiger partial charge in [0.25, 0.3) is 5.91 Å². The van der Waals surface area contributed by atoms with Crippen molar-refractivity contribution in [3.8, 4) is 5.75 Å². The molecule has 0 aliphatic carbocycles. The number of carbonyl (C=O) groups excluding carboxylic acids is 1. The largest absolute Gasteiger partial charge is 0.490 e. The van der Waals surface area contributed by atoms with Crippen molar-refractivity contribution in [2.45, 2.75) is 6.54 Å². The zero-order valence-electron chi connectivity index (χ0n) is 16.0. The smallest absolute Gasteiger partial charge is 0.274 e. The summed E-state index contributed by atoms with van der Waals surface area (Å²) in [5.74, 6) is 0.665. The quantitative estimate of drug-likeness (QED) is 0.473. The van der Waals surface area contributed by atoms with Gasteiger partial charge in [0.2, 0.25) is 0 Å². The highest BCUT2D eigenvalue weighted by Gasteiger charge is 2.09. The van der Waals surface area contributed by atoms with Gasteiger partial charge in [-0.2, -0.15) is 0 Å². The van der Waals surface area contributed by atoms with Gasteiger partial charge in [-0.3, -0.25) is 9.78 Å². The molecule has 0 aromatic carbocycles. The van der Waals surface area contributed by atoms with Crippen LogP contribution < -0.4 is 21.1 Å². The van der Waals surface area contributed by atoms with E-state index in [1.165, 1.54) is 6.20 Å². The first-order valence-electron chi connectivity index (χ1n) is 8.94. The van der Waals surface area contributed by atoms with E-state index >= 15 is 0 Å². The van der Waals surface area contributed by atoms with Crippen LogP contribution in [0.15, 0.2) is 55.0 Å². The number of methoxy groups -OCH3 is 1. The molecule has 9 nitrogen and oxygen atoms in total. The first-order chi connectivity index (χ1) is 14.2. The number of pyridine rings is 3. The highest BCUT2D eigenvalue weighted by Crippen LogP contribution is 2.16. The van der Waals surface area contributed by atoms with Gasteiger partial charge in [-0.05, 0) is 36.4 Å². The monoisotopic (exact) mass is 394 g/mol. The van der Waals surface area contributed by atoms with Crippen LogP contribution in [0.4, 0.5) is 17.2 Å². The molecule has 0 saturated heterocycles. The molecule has 1 amide bonds. The molecule has 0 atom stereocenters. The maximum atomic E-state index is 12.4. The summed E-state index contributed by atoms with van der Waals surface area (Å²) in [6.07, 6.45) is 4.76. The third-order valence-corrected chi connectivity index (χ3v) is 3.90. The van der Waals surface area contributed by atoms with Gasteiger partial charge in [0.1, 0.15) is 23.9 Å². The Bertz CT molecular complexity index is 949. The third kappa shape index (κ3) is 5.88. The van der Waals surface area contributed by atoms with Crippen molar-refractivity contribution in [3.05, 3.63) is 66.4 Å². The van der Waals surface area contributed by atoms with E-state index in [4.69, 9.17) is 15.2 Å². The summed E-state index contributed by atoms with van der Waals surface area (Å²) in [6.45, 7) is 1.34. The maximum absolute atomic E-state index is 12.4. The molecule has 3 rings (SSSR count). The molecule has 3 heterocycles. The molecule has 0 saturated carbocycles. The summed E-state index contributed by atoms with van der Waals surface area (Å²) >= 11 is 0. The van der Waals surface area contributed by atoms with Crippen LogP contribution in [0.3, 0.4) is 0 Å². The number of hydrogen-bond acceptors (Lipinski definition) is 8. The van der Waals surface area contributed by atoms with E-state index in [0.717, 1.165) is 11.4 Å². The van der Waals surface area contributed by atoms with E-state index in [1.54, 1.807) is 49.8 Å². The van der Waals surface area contributed by atoms with Crippen LogP contribution >= 0.6 is 0 Å². The molecule has 29 heavy (non-hydrogen) atoms. The van der Waals surface area contributed by atoms with Gasteiger partial charge in [-0.15, -0.1) is 0 Å². The molecule has 0 radical (unpaired) electrons. The van der Waals surface area contributed by atoms with Crippen LogP contribution in [-0.2, 0) is 11.3 Å². The molecule has 0 fully saturated rings. The summed E-state index contributed by atoms with van der Waals surface area (Å²) in [7, 11) is 1.60.